The Hall–Kier alpha value is -3.26. The summed E-state index contributed by atoms with van der Waals surface area (Å²) in [7, 11) is 1.78. The van der Waals surface area contributed by atoms with E-state index in [1.807, 2.05) is 19.1 Å². The standard InChI is InChI=1S/C23H26N6O2/c1-15-10-19-17(4-3-7-24-19)11-18(15)26-23-25-12-20-22(27-23)29(14-21(30)28(20)2)13-16-5-8-31-9-6-16/h3-4,7,10-12,16H,5-6,8-9,13-14H2,1-2H3,(H,25,26,27). The van der Waals surface area contributed by atoms with Crippen molar-refractivity contribution in [2.24, 2.45) is 5.92 Å². The van der Waals surface area contributed by atoms with E-state index in [9.17, 15) is 4.79 Å². The van der Waals surface area contributed by atoms with Crippen molar-refractivity contribution in [2.75, 3.05) is 48.5 Å². The first-order valence-electron chi connectivity index (χ1n) is 10.7. The predicted octanol–water partition coefficient (Wildman–Crippen LogP) is 3.29. The summed E-state index contributed by atoms with van der Waals surface area (Å²) in [6.45, 7) is 4.74. The van der Waals surface area contributed by atoms with Crippen molar-refractivity contribution < 1.29 is 9.53 Å². The Balaban J connectivity index is 1.46. The van der Waals surface area contributed by atoms with Gasteiger partial charge in [-0.15, -0.1) is 0 Å². The van der Waals surface area contributed by atoms with Crippen LogP contribution >= 0.6 is 0 Å². The number of aryl methyl sites for hydroxylation is 1. The maximum absolute atomic E-state index is 12.5. The highest BCUT2D eigenvalue weighted by molar-refractivity contribution is 6.02. The Morgan fingerprint density at radius 2 is 2.06 bits per heavy atom. The summed E-state index contributed by atoms with van der Waals surface area (Å²) >= 11 is 0. The highest BCUT2D eigenvalue weighted by Crippen LogP contribution is 2.33. The molecule has 1 fully saturated rings. The fourth-order valence-corrected chi connectivity index (χ4v) is 4.25. The van der Waals surface area contributed by atoms with Gasteiger partial charge in [0.25, 0.3) is 0 Å². The average Bonchev–Trinajstić information content (AvgIpc) is 2.78. The number of nitrogens with zero attached hydrogens (tertiary/aromatic N) is 5. The quantitative estimate of drug-likeness (QED) is 0.696. The predicted molar refractivity (Wildman–Crippen MR) is 121 cm³/mol. The molecule has 31 heavy (non-hydrogen) atoms. The van der Waals surface area contributed by atoms with Gasteiger partial charge >= 0.3 is 0 Å². The zero-order valence-electron chi connectivity index (χ0n) is 17.8. The second-order valence-corrected chi connectivity index (χ2v) is 8.28. The van der Waals surface area contributed by atoms with Gasteiger partial charge in [0.1, 0.15) is 5.69 Å². The van der Waals surface area contributed by atoms with Crippen molar-refractivity contribution in [1.82, 2.24) is 15.0 Å². The van der Waals surface area contributed by atoms with Crippen LogP contribution in [0.2, 0.25) is 0 Å². The molecule has 2 aliphatic rings. The molecule has 1 N–H and O–H groups in total. The molecule has 1 aromatic carbocycles. The number of anilines is 4. The number of likely N-dealkylation sites (N-methyl/N-ethyl adjacent to an activating group) is 1. The first-order chi connectivity index (χ1) is 15.1. The first-order valence-corrected chi connectivity index (χ1v) is 10.7. The summed E-state index contributed by atoms with van der Waals surface area (Å²) in [4.78, 5) is 30.0. The number of pyridine rings is 1. The molecular formula is C23H26N6O2. The maximum Gasteiger partial charge on any atom is 0.246 e. The Morgan fingerprint density at radius 1 is 1.23 bits per heavy atom. The minimum atomic E-state index is 0.0572. The Morgan fingerprint density at radius 3 is 2.90 bits per heavy atom. The topological polar surface area (TPSA) is 83.5 Å². The van der Waals surface area contributed by atoms with Crippen molar-refractivity contribution >= 4 is 40.0 Å². The van der Waals surface area contributed by atoms with E-state index < -0.39 is 0 Å². The number of nitrogens with one attached hydrogen (secondary N) is 1. The summed E-state index contributed by atoms with van der Waals surface area (Å²) in [5.74, 6) is 1.87. The molecule has 1 amide bonds. The number of fused-ring (bicyclic) bond motifs is 2. The van der Waals surface area contributed by atoms with E-state index >= 15 is 0 Å². The number of hydrogen-bond acceptors (Lipinski definition) is 7. The molecule has 160 valence electrons. The summed E-state index contributed by atoms with van der Waals surface area (Å²) in [6.07, 6.45) is 5.55. The van der Waals surface area contributed by atoms with Crippen LogP contribution in [0, 0.1) is 12.8 Å². The molecule has 0 radical (unpaired) electrons. The van der Waals surface area contributed by atoms with Gasteiger partial charge in [-0.05, 0) is 49.4 Å². The van der Waals surface area contributed by atoms with Gasteiger partial charge in [0.15, 0.2) is 5.82 Å². The Kier molecular flexibility index (Phi) is 5.15. The molecule has 2 aromatic heterocycles. The van der Waals surface area contributed by atoms with E-state index in [2.05, 4.69) is 32.3 Å². The molecule has 0 saturated carbocycles. The molecule has 8 heteroatoms. The number of aromatic nitrogens is 3. The van der Waals surface area contributed by atoms with Gasteiger partial charge in [-0.2, -0.15) is 4.98 Å². The highest BCUT2D eigenvalue weighted by Gasteiger charge is 2.31. The number of carbonyl (C=O) groups is 1. The van der Waals surface area contributed by atoms with Crippen molar-refractivity contribution in [3.63, 3.8) is 0 Å². The average molecular weight is 419 g/mol. The van der Waals surface area contributed by atoms with Crippen molar-refractivity contribution in [2.45, 2.75) is 19.8 Å². The third-order valence-corrected chi connectivity index (χ3v) is 6.13. The van der Waals surface area contributed by atoms with E-state index in [1.54, 1.807) is 24.3 Å². The molecule has 4 heterocycles. The summed E-state index contributed by atoms with van der Waals surface area (Å²) in [5, 5.41) is 4.42. The number of amides is 1. The lowest BCUT2D eigenvalue weighted by molar-refractivity contribution is -0.117. The third-order valence-electron chi connectivity index (χ3n) is 6.13. The van der Waals surface area contributed by atoms with Gasteiger partial charge in [0.05, 0.1) is 18.3 Å². The van der Waals surface area contributed by atoms with Crippen LogP contribution in [0.25, 0.3) is 10.9 Å². The van der Waals surface area contributed by atoms with Crippen LogP contribution in [0.15, 0.2) is 36.7 Å². The summed E-state index contributed by atoms with van der Waals surface area (Å²) < 4.78 is 5.49. The molecule has 3 aromatic rings. The van der Waals surface area contributed by atoms with Crippen molar-refractivity contribution in [3.05, 3.63) is 42.2 Å². The van der Waals surface area contributed by atoms with Gasteiger partial charge in [-0.3, -0.25) is 9.78 Å². The van der Waals surface area contributed by atoms with Crippen LogP contribution in [0.1, 0.15) is 18.4 Å². The molecule has 0 spiro atoms. The third kappa shape index (κ3) is 3.90. The molecular weight excluding hydrogens is 392 g/mol. The van der Waals surface area contributed by atoms with Crippen LogP contribution < -0.4 is 15.1 Å². The number of carbonyl (C=O) groups excluding carboxylic acids is 1. The minimum absolute atomic E-state index is 0.0572. The van der Waals surface area contributed by atoms with Crippen LogP contribution in [-0.4, -0.2) is 54.2 Å². The summed E-state index contributed by atoms with van der Waals surface area (Å²) in [6, 6.07) is 8.09. The second-order valence-electron chi connectivity index (χ2n) is 8.28. The fraction of sp³-hybridized carbons (Fsp3) is 0.391. The van der Waals surface area contributed by atoms with Gasteiger partial charge < -0.3 is 19.9 Å². The molecule has 8 nitrogen and oxygen atoms in total. The fourth-order valence-electron chi connectivity index (χ4n) is 4.25. The van der Waals surface area contributed by atoms with Crippen LogP contribution in [0.4, 0.5) is 23.1 Å². The molecule has 5 rings (SSSR count). The van der Waals surface area contributed by atoms with Crippen LogP contribution in [-0.2, 0) is 9.53 Å². The lowest BCUT2D eigenvalue weighted by atomic mass is 9.99. The van der Waals surface area contributed by atoms with E-state index in [0.717, 1.165) is 66.3 Å². The first kappa shape index (κ1) is 19.7. The second kappa shape index (κ2) is 8.11. The minimum Gasteiger partial charge on any atom is -0.381 e. The van der Waals surface area contributed by atoms with E-state index in [0.29, 0.717) is 18.4 Å². The van der Waals surface area contributed by atoms with E-state index in [4.69, 9.17) is 9.72 Å². The van der Waals surface area contributed by atoms with E-state index in [-0.39, 0.29) is 5.91 Å². The monoisotopic (exact) mass is 418 g/mol. The van der Waals surface area contributed by atoms with E-state index in [1.165, 1.54) is 0 Å². The van der Waals surface area contributed by atoms with Crippen molar-refractivity contribution in [1.29, 1.82) is 0 Å². The molecule has 1 saturated heterocycles. The molecule has 0 bridgehead atoms. The maximum atomic E-state index is 12.5. The lowest BCUT2D eigenvalue weighted by Gasteiger charge is -2.37. The lowest BCUT2D eigenvalue weighted by Crippen LogP contribution is -2.46. The number of hydrogen-bond donors (Lipinski definition) is 1. The summed E-state index contributed by atoms with van der Waals surface area (Å²) in [5.41, 5.74) is 3.71. The van der Waals surface area contributed by atoms with Crippen LogP contribution in [0.3, 0.4) is 0 Å². The Bertz CT molecular complexity index is 1130. The largest absolute Gasteiger partial charge is 0.381 e. The smallest absolute Gasteiger partial charge is 0.246 e. The number of benzene rings is 1. The van der Waals surface area contributed by atoms with Gasteiger partial charge in [0.2, 0.25) is 11.9 Å². The molecule has 0 unspecified atom stereocenters. The number of rotatable bonds is 4. The zero-order chi connectivity index (χ0) is 21.4. The SMILES string of the molecule is Cc1cc2ncccc2cc1Nc1ncc2c(n1)N(CC1CCOCC1)CC(=O)N2C. The van der Waals surface area contributed by atoms with Crippen LogP contribution in [0.5, 0.6) is 0 Å². The zero-order valence-corrected chi connectivity index (χ0v) is 17.8. The van der Waals surface area contributed by atoms with Gasteiger partial charge in [0, 0.05) is 44.1 Å². The van der Waals surface area contributed by atoms with Crippen molar-refractivity contribution in [3.8, 4) is 0 Å². The normalized spacial score (nSPS) is 17.2. The number of ether oxygens (including phenoxy) is 1. The van der Waals surface area contributed by atoms with Gasteiger partial charge in [-0.25, -0.2) is 4.98 Å². The molecule has 0 atom stereocenters. The molecule has 0 aliphatic carbocycles. The highest BCUT2D eigenvalue weighted by atomic mass is 16.5. The molecule has 2 aliphatic heterocycles. The Labute approximate surface area is 181 Å². The van der Waals surface area contributed by atoms with Gasteiger partial charge in [-0.1, -0.05) is 6.07 Å².